The molecule has 4 heteroatoms. The normalized spacial score (nSPS) is 17.9. The lowest BCUT2D eigenvalue weighted by Crippen LogP contribution is -2.29. The molecule has 0 amide bonds. The number of rotatable bonds is 10. The highest BCUT2D eigenvalue weighted by Gasteiger charge is 2.24. The molecule has 0 aromatic heterocycles. The molecule has 0 N–H and O–H groups in total. The summed E-state index contributed by atoms with van der Waals surface area (Å²) in [5.41, 5.74) is 7.08. The van der Waals surface area contributed by atoms with Crippen molar-refractivity contribution in [1.29, 1.82) is 0 Å². The highest BCUT2D eigenvalue weighted by atomic mass is 16.5. The molecule has 2 aliphatic rings. The zero-order valence-corrected chi connectivity index (χ0v) is 23.3. The fraction of sp³-hybridized carbons (Fsp3) is 0.471. The summed E-state index contributed by atoms with van der Waals surface area (Å²) in [6.07, 6.45) is 8.79. The molecule has 1 fully saturated rings. The van der Waals surface area contributed by atoms with Crippen LogP contribution in [-0.2, 0) is 19.4 Å². The largest absolute Gasteiger partial charge is 0.497 e. The summed E-state index contributed by atoms with van der Waals surface area (Å²) in [7, 11) is 1.75. The smallest absolute Gasteiger partial charge is 0.119 e. The molecule has 1 aliphatic heterocycles. The molecule has 202 valence electrons. The minimum Gasteiger partial charge on any atom is -0.497 e. The van der Waals surface area contributed by atoms with E-state index in [-0.39, 0.29) is 0 Å². The van der Waals surface area contributed by atoms with Gasteiger partial charge in [-0.2, -0.15) is 0 Å². The molecule has 1 unspecified atom stereocenters. The van der Waals surface area contributed by atoms with E-state index >= 15 is 0 Å². The summed E-state index contributed by atoms with van der Waals surface area (Å²) in [5, 5.41) is 0. The second-order valence-corrected chi connectivity index (χ2v) is 10.9. The van der Waals surface area contributed by atoms with E-state index in [1.54, 1.807) is 7.11 Å². The lowest BCUT2D eigenvalue weighted by Gasteiger charge is -2.31. The van der Waals surface area contributed by atoms with Gasteiger partial charge in [0.25, 0.3) is 0 Å². The van der Waals surface area contributed by atoms with Crippen LogP contribution in [0.1, 0.15) is 67.2 Å². The van der Waals surface area contributed by atoms with Crippen LogP contribution in [0.15, 0.2) is 66.7 Å². The summed E-state index contributed by atoms with van der Waals surface area (Å²) < 4.78 is 11.6. The molecule has 1 heterocycles. The third-order valence-corrected chi connectivity index (χ3v) is 8.41. The standard InChI is InChI=1S/C34H44N2O2/c1-3-36(26-27-12-17-31(18-13-27)38-23-22-35-20-8-4-5-9-21-35)34-11-7-6-10-33(34)30-15-14-29-25-32(37-2)19-16-28(29)24-30/h6-7,10-13,16-19,25,30H,3-5,8-9,14-15,20-24,26H2,1-2H3. The van der Waals surface area contributed by atoms with Crippen molar-refractivity contribution in [2.75, 3.05) is 44.8 Å². The first-order chi connectivity index (χ1) is 18.7. The monoisotopic (exact) mass is 512 g/mol. The van der Waals surface area contributed by atoms with Gasteiger partial charge >= 0.3 is 0 Å². The average molecular weight is 513 g/mol. The lowest BCUT2D eigenvalue weighted by molar-refractivity contribution is 0.214. The molecule has 0 radical (unpaired) electrons. The summed E-state index contributed by atoms with van der Waals surface area (Å²) in [4.78, 5) is 5.08. The number of hydrogen-bond acceptors (Lipinski definition) is 4. The van der Waals surface area contributed by atoms with Crippen molar-refractivity contribution >= 4 is 5.69 Å². The van der Waals surface area contributed by atoms with Crippen molar-refractivity contribution in [1.82, 2.24) is 4.90 Å². The SMILES string of the molecule is CCN(Cc1ccc(OCCN2CCCCCC2)cc1)c1ccccc1C1CCc2cc(OC)ccc2C1. The van der Waals surface area contributed by atoms with Gasteiger partial charge in [0.15, 0.2) is 0 Å². The Kier molecular flexibility index (Phi) is 9.24. The second-order valence-electron chi connectivity index (χ2n) is 10.9. The van der Waals surface area contributed by atoms with Crippen LogP contribution in [0.3, 0.4) is 0 Å². The summed E-state index contributed by atoms with van der Waals surface area (Å²) in [5.74, 6) is 2.49. The Morgan fingerprint density at radius 3 is 2.39 bits per heavy atom. The lowest BCUT2D eigenvalue weighted by atomic mass is 9.79. The van der Waals surface area contributed by atoms with Gasteiger partial charge in [0.1, 0.15) is 18.1 Å². The quantitative estimate of drug-likeness (QED) is 0.286. The van der Waals surface area contributed by atoms with E-state index in [1.807, 2.05) is 0 Å². The predicted molar refractivity (Wildman–Crippen MR) is 158 cm³/mol. The van der Waals surface area contributed by atoms with Crippen LogP contribution in [0.4, 0.5) is 5.69 Å². The molecule has 3 aromatic rings. The van der Waals surface area contributed by atoms with Crippen molar-refractivity contribution in [3.8, 4) is 11.5 Å². The van der Waals surface area contributed by atoms with E-state index in [2.05, 4.69) is 83.5 Å². The molecule has 0 bridgehead atoms. The zero-order chi connectivity index (χ0) is 26.2. The molecule has 38 heavy (non-hydrogen) atoms. The number of fused-ring (bicyclic) bond motifs is 1. The van der Waals surface area contributed by atoms with Gasteiger partial charge in [0.2, 0.25) is 0 Å². The zero-order valence-electron chi connectivity index (χ0n) is 23.3. The number of benzene rings is 3. The highest BCUT2D eigenvalue weighted by molar-refractivity contribution is 5.56. The number of aryl methyl sites for hydroxylation is 1. The molecule has 0 saturated carbocycles. The van der Waals surface area contributed by atoms with Gasteiger partial charge in [0.05, 0.1) is 7.11 Å². The number of nitrogens with zero attached hydrogens (tertiary/aromatic N) is 2. The summed E-state index contributed by atoms with van der Waals surface area (Å²) in [6, 6.07) is 24.4. The molecule has 1 saturated heterocycles. The minimum absolute atomic E-state index is 0.543. The Labute approximate surface area is 229 Å². The van der Waals surface area contributed by atoms with Crippen LogP contribution >= 0.6 is 0 Å². The number of likely N-dealkylation sites (tertiary alicyclic amines) is 1. The van der Waals surface area contributed by atoms with Crippen LogP contribution in [-0.4, -0.2) is 44.8 Å². The van der Waals surface area contributed by atoms with E-state index in [0.29, 0.717) is 5.92 Å². The number of anilines is 1. The minimum atomic E-state index is 0.543. The molecule has 1 aliphatic carbocycles. The number of methoxy groups -OCH3 is 1. The molecule has 4 nitrogen and oxygen atoms in total. The molecule has 0 spiro atoms. The Morgan fingerprint density at radius 1 is 0.868 bits per heavy atom. The van der Waals surface area contributed by atoms with Crippen LogP contribution in [0, 0.1) is 0 Å². The molecule has 5 rings (SSSR count). The maximum atomic E-state index is 6.10. The van der Waals surface area contributed by atoms with E-state index in [0.717, 1.165) is 50.6 Å². The van der Waals surface area contributed by atoms with Gasteiger partial charge < -0.3 is 14.4 Å². The molecule has 3 aromatic carbocycles. The Bertz CT molecular complexity index is 1150. The Balaban J connectivity index is 1.21. The van der Waals surface area contributed by atoms with E-state index in [4.69, 9.17) is 9.47 Å². The number of ether oxygens (including phenoxy) is 2. The van der Waals surface area contributed by atoms with Crippen LogP contribution < -0.4 is 14.4 Å². The Morgan fingerprint density at radius 2 is 1.63 bits per heavy atom. The number of hydrogen-bond donors (Lipinski definition) is 0. The maximum absolute atomic E-state index is 6.10. The number of para-hydroxylation sites is 1. The fourth-order valence-corrected chi connectivity index (χ4v) is 6.18. The van der Waals surface area contributed by atoms with Crippen molar-refractivity contribution < 1.29 is 9.47 Å². The van der Waals surface area contributed by atoms with E-state index in [1.165, 1.54) is 73.1 Å². The van der Waals surface area contributed by atoms with E-state index < -0.39 is 0 Å². The molecular weight excluding hydrogens is 468 g/mol. The maximum Gasteiger partial charge on any atom is 0.119 e. The van der Waals surface area contributed by atoms with Gasteiger partial charge in [-0.25, -0.2) is 0 Å². The van der Waals surface area contributed by atoms with Crippen molar-refractivity contribution in [3.05, 3.63) is 89.0 Å². The third-order valence-electron chi connectivity index (χ3n) is 8.41. The predicted octanol–water partition coefficient (Wildman–Crippen LogP) is 7.25. The highest BCUT2D eigenvalue weighted by Crippen LogP contribution is 2.38. The van der Waals surface area contributed by atoms with Crippen LogP contribution in [0.5, 0.6) is 11.5 Å². The second kappa shape index (κ2) is 13.2. The van der Waals surface area contributed by atoms with Gasteiger partial charge in [-0.3, -0.25) is 4.90 Å². The van der Waals surface area contributed by atoms with Gasteiger partial charge in [-0.15, -0.1) is 0 Å². The van der Waals surface area contributed by atoms with Crippen LogP contribution in [0.2, 0.25) is 0 Å². The first kappa shape index (κ1) is 26.6. The van der Waals surface area contributed by atoms with Crippen molar-refractivity contribution in [2.24, 2.45) is 0 Å². The Hall–Kier alpha value is -2.98. The fourth-order valence-electron chi connectivity index (χ4n) is 6.18. The topological polar surface area (TPSA) is 24.9 Å². The van der Waals surface area contributed by atoms with E-state index in [9.17, 15) is 0 Å². The first-order valence-corrected chi connectivity index (χ1v) is 14.7. The van der Waals surface area contributed by atoms with Crippen molar-refractivity contribution in [2.45, 2.75) is 64.3 Å². The molecule has 1 atom stereocenters. The molecular formula is C34H44N2O2. The summed E-state index contributed by atoms with van der Waals surface area (Å²) >= 11 is 0. The average Bonchev–Trinajstić information content (AvgIpc) is 3.25. The van der Waals surface area contributed by atoms with Gasteiger partial charge in [0, 0.05) is 25.3 Å². The summed E-state index contributed by atoms with van der Waals surface area (Å²) in [6.45, 7) is 8.39. The van der Waals surface area contributed by atoms with Crippen LogP contribution in [0.25, 0.3) is 0 Å². The third kappa shape index (κ3) is 6.71. The van der Waals surface area contributed by atoms with Crippen molar-refractivity contribution in [3.63, 3.8) is 0 Å². The van der Waals surface area contributed by atoms with Gasteiger partial charge in [-0.1, -0.05) is 49.2 Å². The first-order valence-electron chi connectivity index (χ1n) is 14.7. The van der Waals surface area contributed by atoms with Gasteiger partial charge in [-0.05, 0) is 111 Å².